The van der Waals surface area contributed by atoms with Crippen molar-refractivity contribution in [2.24, 2.45) is 5.92 Å². The van der Waals surface area contributed by atoms with Crippen LogP contribution in [-0.4, -0.2) is 18.1 Å². The van der Waals surface area contributed by atoms with Crippen LogP contribution in [0.2, 0.25) is 0 Å². The van der Waals surface area contributed by atoms with E-state index in [9.17, 15) is 13.9 Å². The third kappa shape index (κ3) is 3.90. The molecule has 2 unspecified atom stereocenters. The van der Waals surface area contributed by atoms with Gasteiger partial charge in [-0.1, -0.05) is 26.0 Å². The first-order valence-electron chi connectivity index (χ1n) is 6.67. The Hall–Kier alpha value is -1.16. The van der Waals surface area contributed by atoms with Gasteiger partial charge in [0.05, 0.1) is 18.1 Å². The smallest absolute Gasteiger partial charge is 0.244 e. The molecule has 0 aromatic heterocycles. The van der Waals surface area contributed by atoms with Crippen molar-refractivity contribution in [2.75, 3.05) is 6.61 Å². The van der Waals surface area contributed by atoms with E-state index >= 15 is 0 Å². The maximum absolute atomic E-state index is 12.9. The average Bonchev–Trinajstić information content (AvgIpc) is 2.36. The molecule has 0 heterocycles. The summed E-state index contributed by atoms with van der Waals surface area (Å²) in [6, 6.07) is 6.71. The third-order valence-electron chi connectivity index (χ3n) is 3.38. The summed E-state index contributed by atoms with van der Waals surface area (Å²) in [5, 5.41) is 10.4. The lowest BCUT2D eigenvalue weighted by molar-refractivity contribution is -0.0798. The molecule has 2 nitrogen and oxygen atoms in total. The van der Waals surface area contributed by atoms with Gasteiger partial charge in [-0.25, -0.2) is 8.78 Å². The minimum Gasteiger partial charge on any atom is -0.494 e. The normalized spacial score (nSPS) is 16.2. The number of benzene rings is 1. The summed E-state index contributed by atoms with van der Waals surface area (Å²) < 4.78 is 31.3. The van der Waals surface area contributed by atoms with E-state index in [0.717, 1.165) is 6.42 Å². The Bertz CT molecular complexity index is 374. The predicted molar refractivity (Wildman–Crippen MR) is 71.6 cm³/mol. The van der Waals surface area contributed by atoms with Crippen LogP contribution < -0.4 is 4.74 Å². The molecule has 1 aromatic carbocycles. The topological polar surface area (TPSA) is 29.5 Å². The molecule has 0 saturated heterocycles. The molecule has 1 N–H and O–H groups in total. The van der Waals surface area contributed by atoms with Crippen molar-refractivity contribution in [2.45, 2.75) is 45.6 Å². The van der Waals surface area contributed by atoms with Gasteiger partial charge in [0.25, 0.3) is 0 Å². The van der Waals surface area contributed by atoms with E-state index in [1.165, 1.54) is 6.92 Å². The molecule has 2 atom stereocenters. The van der Waals surface area contributed by atoms with Gasteiger partial charge < -0.3 is 9.84 Å². The van der Waals surface area contributed by atoms with Crippen LogP contribution in [0.4, 0.5) is 8.78 Å². The summed E-state index contributed by atoms with van der Waals surface area (Å²) in [5.74, 6) is -0.388. The highest BCUT2D eigenvalue weighted by Gasteiger charge is 2.38. The molecular formula is C15H22F2O2. The van der Waals surface area contributed by atoms with Gasteiger partial charge in [-0.2, -0.15) is 0 Å². The van der Waals surface area contributed by atoms with E-state index in [1.54, 1.807) is 31.2 Å². The Morgan fingerprint density at radius 2 is 1.79 bits per heavy atom. The van der Waals surface area contributed by atoms with E-state index in [1.807, 2.05) is 6.92 Å². The van der Waals surface area contributed by atoms with E-state index < -0.39 is 17.9 Å². The highest BCUT2D eigenvalue weighted by Crippen LogP contribution is 2.36. The summed E-state index contributed by atoms with van der Waals surface area (Å²) in [4.78, 5) is 0. The van der Waals surface area contributed by atoms with Gasteiger partial charge >= 0.3 is 0 Å². The Morgan fingerprint density at radius 1 is 1.21 bits per heavy atom. The van der Waals surface area contributed by atoms with Gasteiger partial charge in [-0.15, -0.1) is 0 Å². The first-order valence-corrected chi connectivity index (χ1v) is 6.67. The van der Waals surface area contributed by atoms with Gasteiger partial charge in [0.1, 0.15) is 5.75 Å². The van der Waals surface area contributed by atoms with Crippen LogP contribution in [-0.2, 0) is 5.60 Å². The Kier molecular flexibility index (Phi) is 5.73. The fraction of sp³-hybridized carbons (Fsp3) is 0.600. The monoisotopic (exact) mass is 272 g/mol. The van der Waals surface area contributed by atoms with Crippen LogP contribution in [0.15, 0.2) is 24.3 Å². The second-order valence-electron chi connectivity index (χ2n) is 4.87. The van der Waals surface area contributed by atoms with Gasteiger partial charge in [-0.3, -0.25) is 0 Å². The van der Waals surface area contributed by atoms with Crippen molar-refractivity contribution in [3.63, 3.8) is 0 Å². The van der Waals surface area contributed by atoms with Gasteiger partial charge in [0, 0.05) is 0 Å². The minimum absolute atomic E-state index is 0.221. The molecule has 0 radical (unpaired) electrons. The Morgan fingerprint density at radius 3 is 2.21 bits per heavy atom. The van der Waals surface area contributed by atoms with Crippen LogP contribution in [0.3, 0.4) is 0 Å². The molecular weight excluding hydrogens is 250 g/mol. The van der Waals surface area contributed by atoms with Gasteiger partial charge in [0.15, 0.2) is 0 Å². The average molecular weight is 272 g/mol. The molecule has 0 amide bonds. The SMILES string of the molecule is CCCOc1ccc(C(C)(O)C(CC)C(F)F)cc1. The van der Waals surface area contributed by atoms with E-state index in [0.29, 0.717) is 17.9 Å². The maximum Gasteiger partial charge on any atom is 0.244 e. The van der Waals surface area contributed by atoms with Crippen molar-refractivity contribution in [3.05, 3.63) is 29.8 Å². The molecule has 0 spiro atoms. The number of hydrogen-bond acceptors (Lipinski definition) is 2. The summed E-state index contributed by atoms with van der Waals surface area (Å²) in [5.41, 5.74) is -1.05. The second-order valence-corrected chi connectivity index (χ2v) is 4.87. The molecule has 0 aliphatic heterocycles. The van der Waals surface area contributed by atoms with Crippen LogP contribution >= 0.6 is 0 Å². The first-order chi connectivity index (χ1) is 8.93. The molecule has 108 valence electrons. The molecule has 1 aromatic rings. The zero-order valence-electron chi connectivity index (χ0n) is 11.7. The number of alkyl halides is 2. The number of halogens is 2. The number of hydrogen-bond donors (Lipinski definition) is 1. The van der Waals surface area contributed by atoms with Crippen molar-refractivity contribution in [3.8, 4) is 5.75 Å². The lowest BCUT2D eigenvalue weighted by atomic mass is 9.81. The highest BCUT2D eigenvalue weighted by molar-refractivity contribution is 5.31. The molecule has 0 aliphatic rings. The third-order valence-corrected chi connectivity index (χ3v) is 3.38. The fourth-order valence-electron chi connectivity index (χ4n) is 2.14. The number of ether oxygens (including phenoxy) is 1. The van der Waals surface area contributed by atoms with Gasteiger partial charge in [0.2, 0.25) is 6.43 Å². The van der Waals surface area contributed by atoms with Crippen LogP contribution in [0, 0.1) is 5.92 Å². The Balaban J connectivity index is 2.89. The predicted octanol–water partition coefficient (Wildman–Crippen LogP) is 3.97. The Labute approximate surface area is 113 Å². The molecule has 1 rings (SSSR count). The van der Waals surface area contributed by atoms with Crippen LogP contribution in [0.1, 0.15) is 39.2 Å². The zero-order valence-corrected chi connectivity index (χ0v) is 11.7. The minimum atomic E-state index is -2.55. The molecule has 0 saturated carbocycles. The summed E-state index contributed by atoms with van der Waals surface area (Å²) in [7, 11) is 0. The summed E-state index contributed by atoms with van der Waals surface area (Å²) >= 11 is 0. The van der Waals surface area contributed by atoms with E-state index in [4.69, 9.17) is 4.74 Å². The quantitative estimate of drug-likeness (QED) is 0.813. The number of aliphatic hydroxyl groups is 1. The van der Waals surface area contributed by atoms with Crippen LogP contribution in [0.5, 0.6) is 5.75 Å². The zero-order chi connectivity index (χ0) is 14.5. The van der Waals surface area contributed by atoms with Crippen LogP contribution in [0.25, 0.3) is 0 Å². The lowest BCUT2D eigenvalue weighted by Crippen LogP contribution is -2.36. The number of rotatable bonds is 7. The van der Waals surface area contributed by atoms with Crippen molar-refractivity contribution in [1.29, 1.82) is 0 Å². The second kappa shape index (κ2) is 6.85. The van der Waals surface area contributed by atoms with Crippen molar-refractivity contribution in [1.82, 2.24) is 0 Å². The molecule has 0 fully saturated rings. The highest BCUT2D eigenvalue weighted by atomic mass is 19.3. The van der Waals surface area contributed by atoms with Crippen molar-refractivity contribution < 1.29 is 18.6 Å². The summed E-state index contributed by atoms with van der Waals surface area (Å²) in [6.45, 7) is 5.72. The van der Waals surface area contributed by atoms with E-state index in [-0.39, 0.29) is 6.42 Å². The summed E-state index contributed by atoms with van der Waals surface area (Å²) in [6.07, 6.45) is -1.42. The van der Waals surface area contributed by atoms with Gasteiger partial charge in [-0.05, 0) is 37.5 Å². The van der Waals surface area contributed by atoms with Crippen molar-refractivity contribution >= 4 is 0 Å². The standard InChI is InChI=1S/C15H22F2O2/c1-4-10-19-12-8-6-11(7-9-12)15(3,18)13(5-2)14(16)17/h6-9,13-14,18H,4-5,10H2,1-3H3. The maximum atomic E-state index is 12.9. The fourth-order valence-corrected chi connectivity index (χ4v) is 2.14. The van der Waals surface area contributed by atoms with E-state index in [2.05, 4.69) is 0 Å². The molecule has 4 heteroatoms. The lowest BCUT2D eigenvalue weighted by Gasteiger charge is -2.32. The molecule has 0 aliphatic carbocycles. The molecule has 0 bridgehead atoms. The molecule has 19 heavy (non-hydrogen) atoms. The first kappa shape index (κ1) is 15.9. The largest absolute Gasteiger partial charge is 0.494 e.